The van der Waals surface area contributed by atoms with E-state index in [2.05, 4.69) is 15.3 Å². The molecule has 2 aliphatic heterocycles. The summed E-state index contributed by atoms with van der Waals surface area (Å²) in [6.45, 7) is 3.85. The van der Waals surface area contributed by atoms with Gasteiger partial charge in [0.1, 0.15) is 0 Å². The number of fused-ring (bicyclic) bond motifs is 2. The minimum Gasteiger partial charge on any atom is -0.337 e. The molecule has 4 heterocycles. The van der Waals surface area contributed by atoms with Gasteiger partial charge in [-0.25, -0.2) is 9.97 Å². The first-order valence-electron chi connectivity index (χ1n) is 7.60. The lowest BCUT2D eigenvalue weighted by Gasteiger charge is -2.20. The van der Waals surface area contributed by atoms with Crippen molar-refractivity contribution in [1.29, 1.82) is 0 Å². The van der Waals surface area contributed by atoms with Crippen LogP contribution in [0.5, 0.6) is 0 Å². The molecule has 0 spiro atoms. The van der Waals surface area contributed by atoms with Crippen molar-refractivity contribution in [3.63, 3.8) is 0 Å². The summed E-state index contributed by atoms with van der Waals surface area (Å²) in [5.41, 5.74) is 1.11. The zero-order valence-corrected chi connectivity index (χ0v) is 14.4. The molecule has 0 unspecified atom stereocenters. The number of likely N-dealkylation sites (tertiary alicyclic amines) is 1. The Balaban J connectivity index is 0.000000960. The van der Waals surface area contributed by atoms with Gasteiger partial charge in [-0.2, -0.15) is 0 Å². The average Bonchev–Trinajstić information content (AvgIpc) is 3.11. The third-order valence-electron chi connectivity index (χ3n) is 4.82. The topological polar surface area (TPSA) is 62.5 Å². The molecule has 2 saturated heterocycles. The smallest absolute Gasteiger partial charge is 0.276 e. The fourth-order valence-electron chi connectivity index (χ4n) is 3.58. The molecule has 2 aliphatic rings. The molecule has 1 amide bonds. The molecule has 0 aromatic carbocycles. The van der Waals surface area contributed by atoms with Crippen LogP contribution in [0.3, 0.4) is 0 Å². The van der Waals surface area contributed by atoms with Gasteiger partial charge in [0, 0.05) is 37.9 Å². The van der Waals surface area contributed by atoms with E-state index < -0.39 is 0 Å². The number of hydrogen-bond acceptors (Lipinski definition) is 4. The Hall–Kier alpha value is -1.37. The van der Waals surface area contributed by atoms with Crippen molar-refractivity contribution in [3.8, 4) is 0 Å². The normalized spacial score (nSPS) is 23.6. The van der Waals surface area contributed by atoms with Gasteiger partial charge in [0.25, 0.3) is 5.91 Å². The monoisotopic (exact) mass is 357 g/mol. The standard InChI is InChI=1S/C15H19N5O.2ClH/c21-15(13-14-18-4-8-19(14)7-3-17-13)20-5-1-11-9-16-10-12(11)2-6-20;;/h3-4,7-8,11-12,16H,1-2,5-6,9-10H2;2*1H/t11-,12+;;. The Morgan fingerprint density at radius 1 is 1.04 bits per heavy atom. The largest absolute Gasteiger partial charge is 0.337 e. The van der Waals surface area contributed by atoms with E-state index in [4.69, 9.17) is 0 Å². The van der Waals surface area contributed by atoms with E-state index in [0.29, 0.717) is 11.3 Å². The van der Waals surface area contributed by atoms with Gasteiger partial charge in [0.15, 0.2) is 11.3 Å². The Kier molecular flexibility index (Phi) is 5.84. The Bertz CT molecular complexity index is 663. The highest BCUT2D eigenvalue weighted by Crippen LogP contribution is 2.27. The molecular formula is C15H21Cl2N5O. The maximum Gasteiger partial charge on any atom is 0.276 e. The number of nitrogens with zero attached hydrogens (tertiary/aromatic N) is 4. The molecule has 126 valence electrons. The predicted octanol–water partition coefficient (Wildman–Crippen LogP) is 1.64. The maximum atomic E-state index is 12.8. The van der Waals surface area contributed by atoms with Crippen molar-refractivity contribution >= 4 is 36.4 Å². The van der Waals surface area contributed by atoms with Crippen LogP contribution in [0, 0.1) is 11.8 Å². The maximum absolute atomic E-state index is 12.8. The summed E-state index contributed by atoms with van der Waals surface area (Å²) in [5, 5.41) is 3.46. The molecule has 0 radical (unpaired) electrons. The van der Waals surface area contributed by atoms with Crippen LogP contribution < -0.4 is 5.32 Å². The Morgan fingerprint density at radius 2 is 1.65 bits per heavy atom. The van der Waals surface area contributed by atoms with Gasteiger partial charge in [-0.15, -0.1) is 24.8 Å². The molecule has 23 heavy (non-hydrogen) atoms. The van der Waals surface area contributed by atoms with Gasteiger partial charge < -0.3 is 14.6 Å². The van der Waals surface area contributed by atoms with Crippen LogP contribution in [0.2, 0.25) is 0 Å². The highest BCUT2D eigenvalue weighted by Gasteiger charge is 2.32. The number of carbonyl (C=O) groups excluding carboxylic acids is 1. The molecule has 2 aromatic heterocycles. The van der Waals surface area contributed by atoms with Crippen molar-refractivity contribution in [3.05, 3.63) is 30.5 Å². The quantitative estimate of drug-likeness (QED) is 0.842. The van der Waals surface area contributed by atoms with Crippen LogP contribution in [0.15, 0.2) is 24.8 Å². The zero-order chi connectivity index (χ0) is 14.2. The van der Waals surface area contributed by atoms with E-state index in [1.54, 1.807) is 12.4 Å². The van der Waals surface area contributed by atoms with Gasteiger partial charge in [-0.05, 0) is 37.8 Å². The van der Waals surface area contributed by atoms with Gasteiger partial charge in [0.05, 0.1) is 0 Å². The minimum absolute atomic E-state index is 0. The van der Waals surface area contributed by atoms with Gasteiger partial charge in [-0.3, -0.25) is 4.79 Å². The van der Waals surface area contributed by atoms with Crippen molar-refractivity contribution in [2.24, 2.45) is 11.8 Å². The van der Waals surface area contributed by atoms with E-state index in [1.807, 2.05) is 21.7 Å². The second-order valence-electron chi connectivity index (χ2n) is 5.98. The van der Waals surface area contributed by atoms with E-state index in [0.717, 1.165) is 50.9 Å². The molecule has 6 nitrogen and oxygen atoms in total. The SMILES string of the molecule is Cl.Cl.O=C(c1nccn2ccnc12)N1CC[C@@H]2CNC[C@@H]2CC1. The van der Waals surface area contributed by atoms with Crippen LogP contribution in [0.4, 0.5) is 0 Å². The van der Waals surface area contributed by atoms with Crippen molar-refractivity contribution in [1.82, 2.24) is 24.6 Å². The fourth-order valence-corrected chi connectivity index (χ4v) is 3.58. The molecule has 4 rings (SSSR count). The summed E-state index contributed by atoms with van der Waals surface area (Å²) >= 11 is 0. The predicted molar refractivity (Wildman–Crippen MR) is 92.5 cm³/mol. The third-order valence-corrected chi connectivity index (χ3v) is 4.82. The fraction of sp³-hybridized carbons (Fsp3) is 0.533. The zero-order valence-electron chi connectivity index (χ0n) is 12.7. The molecule has 0 aliphatic carbocycles. The summed E-state index contributed by atoms with van der Waals surface area (Å²) < 4.78 is 1.84. The summed E-state index contributed by atoms with van der Waals surface area (Å²) in [7, 11) is 0. The second kappa shape index (κ2) is 7.47. The lowest BCUT2D eigenvalue weighted by atomic mass is 9.92. The molecule has 2 aromatic rings. The first-order valence-corrected chi connectivity index (χ1v) is 7.60. The van der Waals surface area contributed by atoms with E-state index in [9.17, 15) is 4.79 Å². The molecule has 1 N–H and O–H groups in total. The van der Waals surface area contributed by atoms with Crippen molar-refractivity contribution in [2.45, 2.75) is 12.8 Å². The third kappa shape index (κ3) is 3.29. The van der Waals surface area contributed by atoms with Crippen LogP contribution in [-0.4, -0.2) is 51.4 Å². The van der Waals surface area contributed by atoms with Gasteiger partial charge >= 0.3 is 0 Å². The number of hydrogen-bond donors (Lipinski definition) is 1. The van der Waals surface area contributed by atoms with Gasteiger partial charge in [-0.1, -0.05) is 0 Å². The lowest BCUT2D eigenvalue weighted by Crippen LogP contribution is -2.33. The highest BCUT2D eigenvalue weighted by molar-refractivity contribution is 5.97. The first kappa shape index (κ1) is 18.0. The molecule has 2 fully saturated rings. The Labute approximate surface area is 147 Å². The molecule has 8 heteroatoms. The number of nitrogens with one attached hydrogen (secondary N) is 1. The van der Waals surface area contributed by atoms with Crippen LogP contribution >= 0.6 is 24.8 Å². The molecule has 0 saturated carbocycles. The lowest BCUT2D eigenvalue weighted by molar-refractivity contribution is 0.0754. The Morgan fingerprint density at radius 3 is 2.30 bits per heavy atom. The summed E-state index contributed by atoms with van der Waals surface area (Å²) in [6, 6.07) is 0. The average molecular weight is 358 g/mol. The van der Waals surface area contributed by atoms with E-state index >= 15 is 0 Å². The number of amides is 1. The van der Waals surface area contributed by atoms with Crippen LogP contribution in [0.25, 0.3) is 5.65 Å². The number of imidazole rings is 1. The van der Waals surface area contributed by atoms with E-state index in [1.165, 1.54) is 0 Å². The van der Waals surface area contributed by atoms with Crippen LogP contribution in [-0.2, 0) is 0 Å². The molecular weight excluding hydrogens is 337 g/mol. The summed E-state index contributed by atoms with van der Waals surface area (Å²) in [4.78, 5) is 23.3. The summed E-state index contributed by atoms with van der Waals surface area (Å²) in [6.07, 6.45) is 9.19. The minimum atomic E-state index is 0. The van der Waals surface area contributed by atoms with Crippen molar-refractivity contribution < 1.29 is 4.79 Å². The first-order chi connectivity index (χ1) is 10.3. The van der Waals surface area contributed by atoms with Crippen molar-refractivity contribution in [2.75, 3.05) is 26.2 Å². The number of halogens is 2. The summed E-state index contributed by atoms with van der Waals surface area (Å²) in [5.74, 6) is 1.45. The highest BCUT2D eigenvalue weighted by atomic mass is 35.5. The molecule has 0 bridgehead atoms. The van der Waals surface area contributed by atoms with Crippen LogP contribution in [0.1, 0.15) is 23.3 Å². The number of rotatable bonds is 1. The second-order valence-corrected chi connectivity index (χ2v) is 5.98. The number of aromatic nitrogens is 3. The molecule has 2 atom stereocenters. The van der Waals surface area contributed by atoms with E-state index in [-0.39, 0.29) is 30.7 Å². The number of carbonyl (C=O) groups is 1. The van der Waals surface area contributed by atoms with Gasteiger partial charge in [0.2, 0.25) is 0 Å².